The standard InChI is InChI=1S/C31H42F3N3O4/c1-35-26(13-19-36-15-5-3-6-16-36)25(21-41-22-38)28(23-9-11-24(12-10-23)31(32,33)34)29(30(39)40-2)27(35)14-20-37-17-7-4-8-18-37/h9-12,22,28H,3-8,13-21H2,1-2H3. The summed E-state index contributed by atoms with van der Waals surface area (Å²) in [5.41, 5.74) is 2.58. The topological polar surface area (TPSA) is 62.3 Å². The van der Waals surface area contributed by atoms with Crippen molar-refractivity contribution in [3.63, 3.8) is 0 Å². The lowest BCUT2D eigenvalue weighted by Crippen LogP contribution is -2.38. The summed E-state index contributed by atoms with van der Waals surface area (Å²) in [5.74, 6) is -1.23. The Hall–Kier alpha value is -2.85. The molecule has 4 rings (SSSR count). The van der Waals surface area contributed by atoms with Crippen molar-refractivity contribution < 1.29 is 32.2 Å². The number of hydrogen-bond donors (Lipinski definition) is 0. The van der Waals surface area contributed by atoms with Crippen LogP contribution in [0.4, 0.5) is 13.2 Å². The van der Waals surface area contributed by atoms with Crippen molar-refractivity contribution >= 4 is 12.4 Å². The zero-order valence-corrected chi connectivity index (χ0v) is 24.2. The molecule has 3 aliphatic rings. The van der Waals surface area contributed by atoms with E-state index in [-0.39, 0.29) is 6.61 Å². The van der Waals surface area contributed by atoms with Crippen LogP contribution in [0.15, 0.2) is 46.8 Å². The Balaban J connectivity index is 1.79. The van der Waals surface area contributed by atoms with Gasteiger partial charge in [-0.15, -0.1) is 0 Å². The molecule has 0 amide bonds. The molecule has 0 spiro atoms. The maximum atomic E-state index is 13.5. The molecule has 0 radical (unpaired) electrons. The van der Waals surface area contributed by atoms with Crippen LogP contribution in [0.5, 0.6) is 0 Å². The number of benzene rings is 1. The first-order valence-corrected chi connectivity index (χ1v) is 14.7. The van der Waals surface area contributed by atoms with Crippen molar-refractivity contribution in [2.75, 3.05) is 60.0 Å². The minimum Gasteiger partial charge on any atom is -0.466 e. The van der Waals surface area contributed by atoms with Crippen molar-refractivity contribution in [1.29, 1.82) is 0 Å². The van der Waals surface area contributed by atoms with Gasteiger partial charge in [-0.1, -0.05) is 25.0 Å². The van der Waals surface area contributed by atoms with Crippen molar-refractivity contribution in [2.45, 2.75) is 63.5 Å². The number of hydrogen-bond acceptors (Lipinski definition) is 7. The Bertz CT molecular complexity index is 1100. The van der Waals surface area contributed by atoms with Crippen LogP contribution in [-0.4, -0.2) is 87.2 Å². The molecular weight excluding hydrogens is 535 g/mol. The van der Waals surface area contributed by atoms with Crippen LogP contribution in [0.3, 0.4) is 0 Å². The number of rotatable bonds is 11. The van der Waals surface area contributed by atoms with Crippen LogP contribution >= 0.6 is 0 Å². The number of carbonyl (C=O) groups excluding carboxylic acids is 2. The van der Waals surface area contributed by atoms with Crippen molar-refractivity contribution in [1.82, 2.24) is 14.7 Å². The Morgan fingerprint density at radius 2 is 1.44 bits per heavy atom. The number of halogens is 3. The van der Waals surface area contributed by atoms with E-state index in [1.807, 2.05) is 11.9 Å². The number of carbonyl (C=O) groups is 2. The highest BCUT2D eigenvalue weighted by molar-refractivity contribution is 5.92. The molecule has 3 aliphatic heterocycles. The molecule has 226 valence electrons. The molecule has 1 unspecified atom stereocenters. The van der Waals surface area contributed by atoms with Gasteiger partial charge in [-0.2, -0.15) is 13.2 Å². The zero-order chi connectivity index (χ0) is 29.4. The Morgan fingerprint density at radius 1 is 0.902 bits per heavy atom. The van der Waals surface area contributed by atoms with E-state index < -0.39 is 23.6 Å². The second-order valence-electron chi connectivity index (χ2n) is 11.1. The van der Waals surface area contributed by atoms with Gasteiger partial charge in [0.2, 0.25) is 0 Å². The normalized spacial score (nSPS) is 21.3. The van der Waals surface area contributed by atoms with E-state index in [9.17, 15) is 22.8 Å². The number of esters is 1. The molecule has 2 fully saturated rings. The minimum atomic E-state index is -4.48. The average molecular weight is 578 g/mol. The van der Waals surface area contributed by atoms with Gasteiger partial charge >= 0.3 is 12.1 Å². The number of nitrogens with zero attached hydrogens (tertiary/aromatic N) is 3. The van der Waals surface area contributed by atoms with Crippen LogP contribution in [-0.2, 0) is 25.2 Å². The van der Waals surface area contributed by atoms with Gasteiger partial charge in [0, 0.05) is 50.3 Å². The predicted octanol–water partition coefficient (Wildman–Crippen LogP) is 5.34. The van der Waals surface area contributed by atoms with Gasteiger partial charge in [-0.25, -0.2) is 4.79 Å². The third-order valence-electron chi connectivity index (χ3n) is 8.64. The molecule has 0 aliphatic carbocycles. The molecule has 3 heterocycles. The molecule has 1 aromatic carbocycles. The van der Waals surface area contributed by atoms with E-state index in [0.717, 1.165) is 88.5 Å². The lowest BCUT2D eigenvalue weighted by atomic mass is 9.78. The number of piperidine rings is 2. The highest BCUT2D eigenvalue weighted by atomic mass is 19.4. The fourth-order valence-electron chi connectivity index (χ4n) is 6.46. The van der Waals surface area contributed by atoms with Gasteiger partial charge in [0.05, 0.1) is 18.2 Å². The molecule has 7 nitrogen and oxygen atoms in total. The SMILES string of the molecule is COC(=O)C1=C(CCN2CCCCC2)N(C)C(CCN2CCCCC2)=C(COC=O)C1c1ccc(C(F)(F)F)cc1. The summed E-state index contributed by atoms with van der Waals surface area (Å²) in [6, 6.07) is 4.93. The maximum Gasteiger partial charge on any atom is 0.416 e. The van der Waals surface area contributed by atoms with E-state index in [1.165, 1.54) is 32.1 Å². The summed E-state index contributed by atoms with van der Waals surface area (Å²) in [7, 11) is 3.25. The summed E-state index contributed by atoms with van der Waals surface area (Å²) in [6.07, 6.45) is 3.79. The molecule has 0 aromatic heterocycles. The van der Waals surface area contributed by atoms with Gasteiger partial charge in [0.1, 0.15) is 6.61 Å². The minimum absolute atomic E-state index is 0.0746. The molecule has 1 aromatic rings. The Kier molecular flexibility index (Phi) is 10.9. The number of likely N-dealkylation sites (tertiary alicyclic amines) is 2. The number of alkyl halides is 3. The first-order valence-electron chi connectivity index (χ1n) is 14.7. The van der Waals surface area contributed by atoms with Gasteiger partial charge in [0.15, 0.2) is 0 Å². The van der Waals surface area contributed by atoms with Gasteiger partial charge in [-0.3, -0.25) is 4.79 Å². The average Bonchev–Trinajstić information content (AvgIpc) is 2.99. The third-order valence-corrected chi connectivity index (χ3v) is 8.64. The summed E-state index contributed by atoms with van der Waals surface area (Å²) < 4.78 is 50.8. The highest BCUT2D eigenvalue weighted by Crippen LogP contribution is 2.44. The highest BCUT2D eigenvalue weighted by Gasteiger charge is 2.39. The largest absolute Gasteiger partial charge is 0.466 e. The van der Waals surface area contributed by atoms with Gasteiger partial charge in [-0.05, 0) is 75.1 Å². The first kappa shape index (κ1) is 31.1. The van der Waals surface area contributed by atoms with E-state index in [1.54, 1.807) is 0 Å². The summed E-state index contributed by atoms with van der Waals surface area (Å²) in [4.78, 5) is 31.7. The monoisotopic (exact) mass is 577 g/mol. The number of methoxy groups -OCH3 is 1. The third kappa shape index (κ3) is 7.71. The quantitative estimate of drug-likeness (QED) is 0.260. The van der Waals surface area contributed by atoms with E-state index in [4.69, 9.17) is 9.47 Å². The molecule has 0 bridgehead atoms. The fourth-order valence-corrected chi connectivity index (χ4v) is 6.46. The molecule has 2 saturated heterocycles. The van der Waals surface area contributed by atoms with Crippen molar-refractivity contribution in [2.24, 2.45) is 0 Å². The molecule has 10 heteroatoms. The lowest BCUT2D eigenvalue weighted by Gasteiger charge is -2.40. The van der Waals surface area contributed by atoms with Crippen molar-refractivity contribution in [3.8, 4) is 0 Å². The first-order chi connectivity index (χ1) is 19.7. The molecule has 0 saturated carbocycles. The summed E-state index contributed by atoms with van der Waals surface area (Å²) in [5, 5.41) is 0. The van der Waals surface area contributed by atoms with E-state index >= 15 is 0 Å². The molecular formula is C31H42F3N3O4. The second-order valence-corrected chi connectivity index (χ2v) is 11.1. The molecule has 1 atom stereocenters. The predicted molar refractivity (Wildman–Crippen MR) is 150 cm³/mol. The lowest BCUT2D eigenvalue weighted by molar-refractivity contribution is -0.138. The number of ether oxygens (including phenoxy) is 2. The maximum absolute atomic E-state index is 13.5. The van der Waals surface area contributed by atoms with Gasteiger partial charge < -0.3 is 24.2 Å². The smallest absolute Gasteiger partial charge is 0.416 e. The van der Waals surface area contributed by atoms with Crippen LogP contribution in [0.1, 0.15) is 68.4 Å². The van der Waals surface area contributed by atoms with Crippen LogP contribution < -0.4 is 0 Å². The summed E-state index contributed by atoms with van der Waals surface area (Å²) in [6.45, 7) is 5.90. The fraction of sp³-hybridized carbons (Fsp3) is 0.613. The van der Waals surface area contributed by atoms with Crippen LogP contribution in [0.2, 0.25) is 0 Å². The molecule has 41 heavy (non-hydrogen) atoms. The molecule has 0 N–H and O–H groups in total. The Labute approximate surface area is 240 Å². The zero-order valence-electron chi connectivity index (χ0n) is 24.2. The van der Waals surface area contributed by atoms with E-state index in [0.29, 0.717) is 36.0 Å². The van der Waals surface area contributed by atoms with E-state index in [2.05, 4.69) is 9.80 Å². The van der Waals surface area contributed by atoms with Gasteiger partial charge in [0.25, 0.3) is 6.47 Å². The van der Waals surface area contributed by atoms with Crippen LogP contribution in [0, 0.1) is 0 Å². The van der Waals surface area contributed by atoms with Crippen molar-refractivity contribution in [3.05, 3.63) is 57.9 Å². The van der Waals surface area contributed by atoms with Crippen LogP contribution in [0.25, 0.3) is 0 Å². The second kappa shape index (κ2) is 14.4. The summed E-state index contributed by atoms with van der Waals surface area (Å²) >= 11 is 0. The Morgan fingerprint density at radius 3 is 1.93 bits per heavy atom.